The van der Waals surface area contributed by atoms with Crippen molar-refractivity contribution in [2.24, 2.45) is 5.92 Å². The van der Waals surface area contributed by atoms with Crippen molar-refractivity contribution in [2.45, 2.75) is 38.5 Å². The van der Waals surface area contributed by atoms with Gasteiger partial charge in [-0.1, -0.05) is 12.1 Å². The summed E-state index contributed by atoms with van der Waals surface area (Å²) in [7, 11) is 1.58. The fraction of sp³-hybridized carbons (Fsp3) is 0.455. The second-order valence-electron chi connectivity index (χ2n) is 7.67. The fourth-order valence-electron chi connectivity index (χ4n) is 3.80. The van der Waals surface area contributed by atoms with E-state index < -0.39 is 0 Å². The third-order valence-corrected chi connectivity index (χ3v) is 6.51. The molecule has 4 rings (SSSR count). The van der Waals surface area contributed by atoms with Crippen molar-refractivity contribution in [3.05, 3.63) is 41.4 Å². The molecule has 31 heavy (non-hydrogen) atoms. The Morgan fingerprint density at radius 2 is 1.97 bits per heavy atom. The number of benzene rings is 1. The van der Waals surface area contributed by atoms with Gasteiger partial charge in [-0.25, -0.2) is 4.98 Å². The lowest BCUT2D eigenvalue weighted by molar-refractivity contribution is -0.123. The Morgan fingerprint density at radius 1 is 1.19 bits per heavy atom. The van der Waals surface area contributed by atoms with Crippen LogP contribution in [0.3, 0.4) is 0 Å². The van der Waals surface area contributed by atoms with Gasteiger partial charge < -0.3 is 19.2 Å². The van der Waals surface area contributed by atoms with Crippen LogP contribution in [0.1, 0.15) is 43.2 Å². The summed E-state index contributed by atoms with van der Waals surface area (Å²) in [6, 6.07) is 7.29. The number of nitrogens with one attached hydrogen (secondary N) is 1. The molecule has 1 aliphatic carbocycles. The van der Waals surface area contributed by atoms with E-state index in [9.17, 15) is 4.79 Å². The van der Waals surface area contributed by atoms with Crippen LogP contribution in [0.25, 0.3) is 10.8 Å². The molecule has 0 aliphatic heterocycles. The SMILES string of the molecule is COc1ccccc1OCC(=O)NCC1CCC(c2nnc(-c3scnc3C)o2)CC1. The Balaban J connectivity index is 1.20. The zero-order chi connectivity index (χ0) is 21.6. The van der Waals surface area contributed by atoms with Gasteiger partial charge in [-0.3, -0.25) is 4.79 Å². The van der Waals surface area contributed by atoms with Crippen LogP contribution in [-0.4, -0.2) is 41.3 Å². The second kappa shape index (κ2) is 9.91. The molecule has 0 bridgehead atoms. The molecular weight excluding hydrogens is 416 g/mol. The van der Waals surface area contributed by atoms with Crippen molar-refractivity contribution in [1.29, 1.82) is 0 Å². The maximum absolute atomic E-state index is 12.2. The maximum Gasteiger partial charge on any atom is 0.259 e. The van der Waals surface area contributed by atoms with Gasteiger partial charge in [-0.15, -0.1) is 21.5 Å². The number of nitrogens with zero attached hydrogens (tertiary/aromatic N) is 3. The quantitative estimate of drug-likeness (QED) is 0.563. The smallest absolute Gasteiger partial charge is 0.259 e. The number of carbonyl (C=O) groups excluding carboxylic acids is 1. The fourth-order valence-corrected chi connectivity index (χ4v) is 4.53. The first-order valence-corrected chi connectivity index (χ1v) is 11.3. The monoisotopic (exact) mass is 442 g/mol. The van der Waals surface area contributed by atoms with E-state index in [0.29, 0.717) is 35.7 Å². The van der Waals surface area contributed by atoms with Crippen LogP contribution < -0.4 is 14.8 Å². The number of ether oxygens (including phenoxy) is 2. The van der Waals surface area contributed by atoms with Crippen molar-refractivity contribution < 1.29 is 18.7 Å². The summed E-state index contributed by atoms with van der Waals surface area (Å²) in [4.78, 5) is 17.3. The van der Waals surface area contributed by atoms with E-state index in [1.54, 1.807) is 24.8 Å². The van der Waals surface area contributed by atoms with Crippen LogP contribution >= 0.6 is 11.3 Å². The summed E-state index contributed by atoms with van der Waals surface area (Å²) < 4.78 is 16.7. The van der Waals surface area contributed by atoms with Crippen molar-refractivity contribution in [3.63, 3.8) is 0 Å². The van der Waals surface area contributed by atoms with Crippen molar-refractivity contribution in [1.82, 2.24) is 20.5 Å². The summed E-state index contributed by atoms with van der Waals surface area (Å²) in [5.74, 6) is 3.02. The first-order valence-electron chi connectivity index (χ1n) is 10.4. The number of hydrogen-bond donors (Lipinski definition) is 1. The zero-order valence-electron chi connectivity index (χ0n) is 17.7. The molecule has 3 aromatic rings. The minimum Gasteiger partial charge on any atom is -0.493 e. The molecule has 1 amide bonds. The first-order chi connectivity index (χ1) is 15.1. The third kappa shape index (κ3) is 5.22. The normalized spacial score (nSPS) is 18.5. The van der Waals surface area contributed by atoms with E-state index in [1.165, 1.54) is 11.3 Å². The topological polar surface area (TPSA) is 99.4 Å². The molecule has 1 saturated carbocycles. The molecule has 8 nitrogen and oxygen atoms in total. The number of thiazole rings is 1. The Bertz CT molecular complexity index is 1010. The summed E-state index contributed by atoms with van der Waals surface area (Å²) in [6.07, 6.45) is 3.97. The van der Waals surface area contributed by atoms with Crippen LogP contribution in [-0.2, 0) is 4.79 Å². The maximum atomic E-state index is 12.2. The van der Waals surface area contributed by atoms with Crippen molar-refractivity contribution in [2.75, 3.05) is 20.3 Å². The molecule has 9 heteroatoms. The minimum absolute atomic E-state index is 0.0303. The number of aryl methyl sites for hydroxylation is 1. The van der Waals surface area contributed by atoms with Gasteiger partial charge in [-0.2, -0.15) is 0 Å². The Labute approximate surface area is 185 Å². The first kappa shape index (κ1) is 21.3. The highest BCUT2D eigenvalue weighted by atomic mass is 32.1. The molecule has 0 unspecified atom stereocenters. The lowest BCUT2D eigenvalue weighted by atomic mass is 9.82. The molecule has 0 spiro atoms. The number of para-hydroxylation sites is 2. The summed E-state index contributed by atoms with van der Waals surface area (Å²) in [5.41, 5.74) is 2.70. The molecule has 2 aromatic heterocycles. The molecule has 2 heterocycles. The summed E-state index contributed by atoms with van der Waals surface area (Å²) >= 11 is 1.51. The number of rotatable bonds is 8. The highest BCUT2D eigenvalue weighted by molar-refractivity contribution is 7.13. The standard InChI is InChI=1S/C22H26N4O4S/c1-14-20(31-13-24-14)22-26-25-21(30-22)16-9-7-15(8-10-16)11-23-19(27)12-29-18-6-4-3-5-17(18)28-2/h3-6,13,15-16H,7-12H2,1-2H3,(H,23,27). The highest BCUT2D eigenvalue weighted by Crippen LogP contribution is 2.36. The summed E-state index contributed by atoms with van der Waals surface area (Å²) in [6.45, 7) is 2.56. The van der Waals surface area contributed by atoms with E-state index in [2.05, 4.69) is 20.5 Å². The van der Waals surface area contributed by atoms with Gasteiger partial charge in [0.15, 0.2) is 18.1 Å². The number of hydrogen-bond acceptors (Lipinski definition) is 8. The van der Waals surface area contributed by atoms with Gasteiger partial charge in [-0.05, 0) is 50.7 Å². The predicted molar refractivity (Wildman–Crippen MR) is 116 cm³/mol. The van der Waals surface area contributed by atoms with E-state index in [-0.39, 0.29) is 18.4 Å². The van der Waals surface area contributed by atoms with Crippen LogP contribution in [0.2, 0.25) is 0 Å². The van der Waals surface area contributed by atoms with E-state index in [4.69, 9.17) is 13.9 Å². The van der Waals surface area contributed by atoms with Crippen molar-refractivity contribution >= 4 is 17.2 Å². The van der Waals surface area contributed by atoms with Crippen LogP contribution in [0, 0.1) is 12.8 Å². The minimum atomic E-state index is -0.130. The molecule has 0 radical (unpaired) electrons. The van der Waals surface area contributed by atoms with Crippen LogP contribution in [0.15, 0.2) is 34.2 Å². The predicted octanol–water partition coefficient (Wildman–Crippen LogP) is 3.98. The number of methoxy groups -OCH3 is 1. The lowest BCUT2D eigenvalue weighted by Gasteiger charge is -2.26. The van der Waals surface area contributed by atoms with Gasteiger partial charge in [0.2, 0.25) is 5.89 Å². The van der Waals surface area contributed by atoms with Gasteiger partial charge in [0.1, 0.15) is 4.88 Å². The third-order valence-electron chi connectivity index (χ3n) is 5.59. The highest BCUT2D eigenvalue weighted by Gasteiger charge is 2.27. The van der Waals surface area contributed by atoms with E-state index in [1.807, 2.05) is 19.1 Å². The van der Waals surface area contributed by atoms with Gasteiger partial charge in [0.05, 0.1) is 18.3 Å². The lowest BCUT2D eigenvalue weighted by Crippen LogP contribution is -2.34. The van der Waals surface area contributed by atoms with E-state index >= 15 is 0 Å². The van der Waals surface area contributed by atoms with Gasteiger partial charge in [0, 0.05) is 12.5 Å². The second-order valence-corrected chi connectivity index (χ2v) is 8.53. The van der Waals surface area contributed by atoms with Gasteiger partial charge in [0.25, 0.3) is 11.8 Å². The average molecular weight is 443 g/mol. The molecule has 1 N–H and O–H groups in total. The molecular formula is C22H26N4O4S. The van der Waals surface area contributed by atoms with Crippen LogP contribution in [0.5, 0.6) is 11.5 Å². The van der Waals surface area contributed by atoms with E-state index in [0.717, 1.165) is 36.3 Å². The molecule has 0 saturated heterocycles. The largest absolute Gasteiger partial charge is 0.493 e. The van der Waals surface area contributed by atoms with Gasteiger partial charge >= 0.3 is 0 Å². The number of carbonyl (C=O) groups is 1. The molecule has 1 fully saturated rings. The Morgan fingerprint density at radius 3 is 2.68 bits per heavy atom. The Hall–Kier alpha value is -2.94. The molecule has 164 valence electrons. The zero-order valence-corrected chi connectivity index (χ0v) is 18.5. The number of aromatic nitrogens is 3. The van der Waals surface area contributed by atoms with Crippen LogP contribution in [0.4, 0.5) is 0 Å². The molecule has 1 aliphatic rings. The molecule has 0 atom stereocenters. The summed E-state index contributed by atoms with van der Waals surface area (Å²) in [5, 5.41) is 11.5. The Kier molecular flexibility index (Phi) is 6.81. The van der Waals surface area contributed by atoms with Crippen molar-refractivity contribution in [3.8, 4) is 22.3 Å². The number of amides is 1. The molecule has 1 aromatic carbocycles. The average Bonchev–Trinajstić information content (AvgIpc) is 3.45.